The second-order valence-corrected chi connectivity index (χ2v) is 8.45. The van der Waals surface area contributed by atoms with Crippen molar-refractivity contribution in [3.63, 3.8) is 0 Å². The van der Waals surface area contributed by atoms with Gasteiger partial charge in [-0.05, 0) is 62.3 Å². The molecule has 0 spiro atoms. The Labute approximate surface area is 188 Å². The molecule has 1 aromatic heterocycles. The van der Waals surface area contributed by atoms with Gasteiger partial charge in [0, 0.05) is 25.5 Å². The van der Waals surface area contributed by atoms with Gasteiger partial charge >= 0.3 is 6.03 Å². The number of hydrogen-bond acceptors (Lipinski definition) is 4. The molecule has 2 aromatic rings. The Kier molecular flexibility index (Phi) is 8.33. The van der Waals surface area contributed by atoms with Crippen LogP contribution in [0.15, 0.2) is 42.7 Å². The van der Waals surface area contributed by atoms with Gasteiger partial charge in [0.1, 0.15) is 0 Å². The monoisotopic (exact) mass is 450 g/mol. The van der Waals surface area contributed by atoms with E-state index in [-0.39, 0.29) is 18.7 Å². The lowest BCUT2D eigenvalue weighted by atomic mass is 10.0. The first kappa shape index (κ1) is 22.8. The van der Waals surface area contributed by atoms with Gasteiger partial charge in [-0.1, -0.05) is 35.3 Å². The molecule has 2 amide bonds. The van der Waals surface area contributed by atoms with Crippen molar-refractivity contribution in [2.24, 2.45) is 0 Å². The summed E-state index contributed by atoms with van der Waals surface area (Å²) in [6, 6.07) is 8.87. The summed E-state index contributed by atoms with van der Waals surface area (Å²) >= 11 is 12.7. The first-order valence-corrected chi connectivity index (χ1v) is 10.8. The first-order valence-electron chi connectivity index (χ1n) is 10.1. The highest BCUT2D eigenvalue weighted by Gasteiger charge is 2.26. The number of nitrogens with zero attached hydrogens (tertiary/aromatic N) is 3. The number of benzene rings is 1. The molecule has 6 nitrogen and oxygen atoms in total. The Morgan fingerprint density at radius 3 is 2.67 bits per heavy atom. The lowest BCUT2D eigenvalue weighted by Gasteiger charge is -2.36. The van der Waals surface area contributed by atoms with E-state index in [1.165, 1.54) is 0 Å². The number of hydrogen-bond donors (Lipinski definition) is 1. The second kappa shape index (κ2) is 11.0. The maximum atomic E-state index is 13.0. The maximum Gasteiger partial charge on any atom is 0.317 e. The van der Waals surface area contributed by atoms with Crippen LogP contribution in [-0.2, 0) is 11.3 Å². The molecule has 1 aliphatic heterocycles. The molecule has 0 radical (unpaired) electrons. The van der Waals surface area contributed by atoms with Crippen molar-refractivity contribution in [2.75, 3.05) is 33.8 Å². The van der Waals surface area contributed by atoms with Crippen molar-refractivity contribution in [1.29, 1.82) is 0 Å². The van der Waals surface area contributed by atoms with Crippen molar-refractivity contribution >= 4 is 29.2 Å². The van der Waals surface area contributed by atoms with E-state index in [9.17, 15) is 4.79 Å². The average Bonchev–Trinajstić information content (AvgIpc) is 2.76. The van der Waals surface area contributed by atoms with Crippen LogP contribution >= 0.6 is 23.2 Å². The molecule has 162 valence electrons. The van der Waals surface area contributed by atoms with Gasteiger partial charge in [0.25, 0.3) is 0 Å². The quantitative estimate of drug-likeness (QED) is 0.679. The van der Waals surface area contributed by atoms with E-state index in [1.807, 2.05) is 31.3 Å². The second-order valence-electron chi connectivity index (χ2n) is 7.66. The molecule has 1 saturated heterocycles. The Hall–Kier alpha value is -1.86. The predicted octanol–water partition coefficient (Wildman–Crippen LogP) is 4.38. The number of halogens is 2. The summed E-state index contributed by atoms with van der Waals surface area (Å²) in [5.74, 6) is 0. The first-order chi connectivity index (χ1) is 14.5. The molecule has 0 aliphatic carbocycles. The van der Waals surface area contributed by atoms with Crippen LogP contribution in [0, 0.1) is 0 Å². The van der Waals surface area contributed by atoms with E-state index in [4.69, 9.17) is 27.9 Å². The van der Waals surface area contributed by atoms with Gasteiger partial charge in [0.15, 0.2) is 0 Å². The van der Waals surface area contributed by atoms with Gasteiger partial charge in [-0.25, -0.2) is 4.79 Å². The van der Waals surface area contributed by atoms with E-state index < -0.39 is 6.04 Å². The Morgan fingerprint density at radius 2 is 1.97 bits per heavy atom. The molecule has 30 heavy (non-hydrogen) atoms. The van der Waals surface area contributed by atoms with Gasteiger partial charge < -0.3 is 19.9 Å². The van der Waals surface area contributed by atoms with Crippen LogP contribution in [0.5, 0.6) is 0 Å². The standard InChI is InChI=1S/C22H28Cl2N4O2/c1-27-12-8-17(9-13-27)28(2)22(29)26-20(18-4-3-5-19(23)21(18)24)15-30-14-16-6-10-25-11-7-16/h3-7,10-11,17,20H,8-9,12-15H2,1-2H3,(H,26,29). The number of aromatic nitrogens is 1. The van der Waals surface area contributed by atoms with E-state index in [1.54, 1.807) is 23.4 Å². The fourth-order valence-corrected chi connectivity index (χ4v) is 4.01. The lowest BCUT2D eigenvalue weighted by Crippen LogP contribution is -2.49. The molecule has 0 saturated carbocycles. The summed E-state index contributed by atoms with van der Waals surface area (Å²) in [7, 11) is 3.95. The van der Waals surface area contributed by atoms with Crippen molar-refractivity contribution in [2.45, 2.75) is 31.5 Å². The Morgan fingerprint density at radius 1 is 1.27 bits per heavy atom. The molecule has 3 rings (SSSR count). The summed E-state index contributed by atoms with van der Waals surface area (Å²) in [6.07, 6.45) is 5.37. The van der Waals surface area contributed by atoms with Crippen LogP contribution in [0.25, 0.3) is 0 Å². The topological polar surface area (TPSA) is 57.7 Å². The van der Waals surface area contributed by atoms with E-state index in [2.05, 4.69) is 22.2 Å². The fourth-order valence-electron chi connectivity index (χ4n) is 3.57. The van der Waals surface area contributed by atoms with Gasteiger partial charge in [0.05, 0.1) is 29.3 Å². The Bertz CT molecular complexity index is 829. The largest absolute Gasteiger partial charge is 0.374 e. The summed E-state index contributed by atoms with van der Waals surface area (Å²) in [5.41, 5.74) is 1.75. The highest BCUT2D eigenvalue weighted by atomic mass is 35.5. The van der Waals surface area contributed by atoms with Crippen LogP contribution < -0.4 is 5.32 Å². The van der Waals surface area contributed by atoms with Crippen molar-refractivity contribution in [3.05, 3.63) is 63.9 Å². The molecule has 1 N–H and O–H groups in total. The van der Waals surface area contributed by atoms with E-state index in [0.29, 0.717) is 16.7 Å². The van der Waals surface area contributed by atoms with Crippen molar-refractivity contribution in [3.8, 4) is 0 Å². The molecule has 0 bridgehead atoms. The smallest absolute Gasteiger partial charge is 0.317 e. The summed E-state index contributed by atoms with van der Waals surface area (Å²) in [5, 5.41) is 3.97. The number of pyridine rings is 1. The number of rotatable bonds is 7. The minimum absolute atomic E-state index is 0.141. The number of piperidine rings is 1. The van der Waals surface area contributed by atoms with Crippen LogP contribution in [0.4, 0.5) is 4.79 Å². The van der Waals surface area contributed by atoms with E-state index >= 15 is 0 Å². The zero-order chi connectivity index (χ0) is 21.5. The van der Waals surface area contributed by atoms with Crippen LogP contribution in [-0.4, -0.2) is 60.6 Å². The van der Waals surface area contributed by atoms with Crippen molar-refractivity contribution in [1.82, 2.24) is 20.1 Å². The minimum Gasteiger partial charge on any atom is -0.374 e. The number of ether oxygens (including phenoxy) is 1. The number of likely N-dealkylation sites (tertiary alicyclic amines) is 1. The van der Waals surface area contributed by atoms with Crippen LogP contribution in [0.3, 0.4) is 0 Å². The molecule has 2 heterocycles. The molecule has 1 unspecified atom stereocenters. The third-order valence-electron chi connectivity index (χ3n) is 5.51. The fraction of sp³-hybridized carbons (Fsp3) is 0.455. The molecule has 1 aliphatic rings. The predicted molar refractivity (Wildman–Crippen MR) is 120 cm³/mol. The summed E-state index contributed by atoms with van der Waals surface area (Å²) in [4.78, 5) is 21.1. The van der Waals surface area contributed by atoms with Gasteiger partial charge in [0.2, 0.25) is 0 Å². The number of carbonyl (C=O) groups excluding carboxylic acids is 1. The van der Waals surface area contributed by atoms with Gasteiger partial charge in [-0.2, -0.15) is 0 Å². The van der Waals surface area contributed by atoms with E-state index in [0.717, 1.165) is 37.1 Å². The number of amides is 2. The number of carbonyl (C=O) groups is 1. The zero-order valence-corrected chi connectivity index (χ0v) is 18.9. The van der Waals surface area contributed by atoms with Gasteiger partial charge in [-0.15, -0.1) is 0 Å². The summed E-state index contributed by atoms with van der Waals surface area (Å²) in [6.45, 7) is 2.66. The molecule has 8 heteroatoms. The molecule has 1 atom stereocenters. The lowest BCUT2D eigenvalue weighted by molar-refractivity contribution is 0.0946. The van der Waals surface area contributed by atoms with Crippen LogP contribution in [0.2, 0.25) is 10.0 Å². The average molecular weight is 451 g/mol. The highest BCUT2D eigenvalue weighted by molar-refractivity contribution is 6.42. The van der Waals surface area contributed by atoms with Gasteiger partial charge in [-0.3, -0.25) is 4.98 Å². The minimum atomic E-state index is -0.417. The third-order valence-corrected chi connectivity index (χ3v) is 6.35. The van der Waals surface area contributed by atoms with Crippen LogP contribution in [0.1, 0.15) is 30.0 Å². The maximum absolute atomic E-state index is 13.0. The zero-order valence-electron chi connectivity index (χ0n) is 17.4. The SMILES string of the molecule is CN1CCC(N(C)C(=O)NC(COCc2ccncc2)c2cccc(Cl)c2Cl)CC1. The summed E-state index contributed by atoms with van der Waals surface area (Å²) < 4.78 is 5.90. The van der Waals surface area contributed by atoms with Crippen molar-refractivity contribution < 1.29 is 9.53 Å². The third kappa shape index (κ3) is 6.08. The number of urea groups is 1. The normalized spacial score (nSPS) is 16.3. The molecular weight excluding hydrogens is 423 g/mol. The molecule has 1 aromatic carbocycles. The highest BCUT2D eigenvalue weighted by Crippen LogP contribution is 2.30. The number of nitrogens with one attached hydrogen (secondary N) is 1. The molecular formula is C22H28Cl2N4O2. The molecule has 1 fully saturated rings. The Balaban J connectivity index is 1.68.